The van der Waals surface area contributed by atoms with Gasteiger partial charge in [-0.05, 0) is 25.0 Å². The normalized spacial score (nSPS) is 22.3. The van der Waals surface area contributed by atoms with Gasteiger partial charge in [-0.1, -0.05) is 44.1 Å². The fraction of sp³-hybridized carbons (Fsp3) is 0.545. The van der Waals surface area contributed by atoms with Crippen molar-refractivity contribution in [3.05, 3.63) is 47.9 Å². The Balaban J connectivity index is 1.48. The molecular weight excluding hydrogens is 372 g/mol. The molecule has 1 fully saturated rings. The number of benzene rings is 1. The van der Waals surface area contributed by atoms with Crippen LogP contribution in [0.1, 0.15) is 45.1 Å². The Bertz CT molecular complexity index is 784. The van der Waals surface area contributed by atoms with Crippen LogP contribution in [0.15, 0.2) is 40.9 Å². The molecule has 1 saturated heterocycles. The van der Waals surface area contributed by atoms with Crippen LogP contribution in [-0.4, -0.2) is 41.0 Å². The summed E-state index contributed by atoms with van der Waals surface area (Å²) >= 11 is 0. The molecule has 1 amide bonds. The topological polar surface area (TPSA) is 93.8 Å². The van der Waals surface area contributed by atoms with E-state index in [2.05, 4.69) is 10.5 Å². The first kappa shape index (κ1) is 21.3. The van der Waals surface area contributed by atoms with E-state index in [-0.39, 0.29) is 12.0 Å². The van der Waals surface area contributed by atoms with E-state index in [9.17, 15) is 9.90 Å². The number of ether oxygens (including phenoxy) is 2. The van der Waals surface area contributed by atoms with Gasteiger partial charge in [0.1, 0.15) is 18.5 Å². The highest BCUT2D eigenvalue weighted by Gasteiger charge is 2.32. The zero-order valence-corrected chi connectivity index (χ0v) is 17.3. The molecule has 158 valence electrons. The largest absolute Gasteiger partial charge is 0.486 e. The summed E-state index contributed by atoms with van der Waals surface area (Å²) in [7, 11) is 0. The van der Waals surface area contributed by atoms with Gasteiger partial charge in [0.15, 0.2) is 5.76 Å². The van der Waals surface area contributed by atoms with E-state index in [1.54, 1.807) is 0 Å². The van der Waals surface area contributed by atoms with Gasteiger partial charge in [0.2, 0.25) is 5.91 Å². The van der Waals surface area contributed by atoms with Crippen molar-refractivity contribution >= 4 is 5.91 Å². The molecule has 7 heteroatoms. The minimum atomic E-state index is -0.585. The van der Waals surface area contributed by atoms with Gasteiger partial charge in [-0.25, -0.2) is 0 Å². The summed E-state index contributed by atoms with van der Waals surface area (Å²) in [5, 5.41) is 17.2. The molecule has 1 aliphatic heterocycles. The lowest BCUT2D eigenvalue weighted by Crippen LogP contribution is -2.48. The molecule has 1 aromatic carbocycles. The molecule has 2 N–H and O–H groups in total. The molecule has 0 bridgehead atoms. The molecule has 1 aliphatic rings. The number of aliphatic hydroxyl groups excluding tert-OH is 1. The molecule has 2 aromatic rings. The van der Waals surface area contributed by atoms with Crippen molar-refractivity contribution in [1.29, 1.82) is 0 Å². The van der Waals surface area contributed by atoms with Crippen LogP contribution in [0.2, 0.25) is 0 Å². The number of carbonyl (C=O) groups is 1. The first-order chi connectivity index (χ1) is 13.8. The van der Waals surface area contributed by atoms with Gasteiger partial charge in [0.05, 0.1) is 17.9 Å². The zero-order valence-electron chi connectivity index (χ0n) is 17.3. The summed E-state index contributed by atoms with van der Waals surface area (Å²) in [5.74, 6) is 1.36. The number of hydrogen-bond donors (Lipinski definition) is 2. The quantitative estimate of drug-likeness (QED) is 0.740. The molecule has 0 unspecified atom stereocenters. The summed E-state index contributed by atoms with van der Waals surface area (Å²) in [6.45, 7) is 6.17. The van der Waals surface area contributed by atoms with Crippen molar-refractivity contribution in [2.45, 2.75) is 65.0 Å². The van der Waals surface area contributed by atoms with E-state index in [4.69, 9.17) is 14.0 Å². The van der Waals surface area contributed by atoms with Crippen LogP contribution < -0.4 is 10.1 Å². The summed E-state index contributed by atoms with van der Waals surface area (Å²) in [6.07, 6.45) is 0.857. The second-order valence-corrected chi connectivity index (χ2v) is 8.49. The Morgan fingerprint density at radius 2 is 2.03 bits per heavy atom. The predicted octanol–water partition coefficient (Wildman–Crippen LogP) is 2.87. The molecule has 0 saturated carbocycles. The smallest absolute Gasteiger partial charge is 0.225 e. The van der Waals surface area contributed by atoms with E-state index in [1.165, 1.54) is 0 Å². The monoisotopic (exact) mass is 402 g/mol. The van der Waals surface area contributed by atoms with Crippen LogP contribution >= 0.6 is 0 Å². The van der Waals surface area contributed by atoms with E-state index in [1.807, 2.05) is 57.2 Å². The van der Waals surface area contributed by atoms with Crippen molar-refractivity contribution in [2.24, 2.45) is 5.41 Å². The number of para-hydroxylation sites is 1. The molecule has 3 rings (SSSR count). The number of aromatic nitrogens is 1. The highest BCUT2D eigenvalue weighted by atomic mass is 16.5. The van der Waals surface area contributed by atoms with Gasteiger partial charge < -0.3 is 24.4 Å². The second-order valence-electron chi connectivity index (χ2n) is 8.49. The highest BCUT2D eigenvalue weighted by Crippen LogP contribution is 2.23. The maximum atomic E-state index is 12.1. The molecule has 2 heterocycles. The molecule has 0 spiro atoms. The van der Waals surface area contributed by atoms with Crippen LogP contribution in [0.25, 0.3) is 0 Å². The summed E-state index contributed by atoms with van der Waals surface area (Å²) in [4.78, 5) is 12.1. The number of amides is 1. The number of rotatable bonds is 7. The van der Waals surface area contributed by atoms with Crippen LogP contribution in [0, 0.1) is 5.41 Å². The van der Waals surface area contributed by atoms with Crippen molar-refractivity contribution in [3.63, 3.8) is 0 Å². The zero-order chi connectivity index (χ0) is 20.9. The Labute approximate surface area is 171 Å². The van der Waals surface area contributed by atoms with Gasteiger partial charge in [0.25, 0.3) is 0 Å². The van der Waals surface area contributed by atoms with Crippen LogP contribution in [0.4, 0.5) is 0 Å². The van der Waals surface area contributed by atoms with Gasteiger partial charge >= 0.3 is 0 Å². The minimum Gasteiger partial charge on any atom is -0.486 e. The maximum Gasteiger partial charge on any atom is 0.225 e. The third kappa shape index (κ3) is 6.30. The van der Waals surface area contributed by atoms with Crippen molar-refractivity contribution in [2.75, 3.05) is 6.54 Å². The van der Waals surface area contributed by atoms with Gasteiger partial charge in [-0.2, -0.15) is 0 Å². The number of nitrogens with one attached hydrogen (secondary N) is 1. The summed E-state index contributed by atoms with van der Waals surface area (Å²) < 4.78 is 17.1. The molecule has 0 radical (unpaired) electrons. The lowest BCUT2D eigenvalue weighted by atomic mass is 9.95. The standard InChI is InChI=1S/C22H30N2O5/c1-22(2,3)21(26)23-13-20-19(25)10-9-17(28-20)11-15-12-18(29-24-15)14-27-16-7-5-4-6-8-16/h4-8,12,17,19-20,25H,9-11,13-14H2,1-3H3,(H,23,26)/t17-,19-,20+/m0/s1. The van der Waals surface area contributed by atoms with Crippen LogP contribution in [-0.2, 0) is 22.6 Å². The lowest BCUT2D eigenvalue weighted by Gasteiger charge is -2.34. The number of carbonyl (C=O) groups excluding carboxylic acids is 1. The second kappa shape index (κ2) is 9.41. The average molecular weight is 402 g/mol. The van der Waals surface area contributed by atoms with Crippen LogP contribution in [0.5, 0.6) is 5.75 Å². The van der Waals surface area contributed by atoms with E-state index < -0.39 is 17.6 Å². The molecule has 7 nitrogen and oxygen atoms in total. The summed E-state index contributed by atoms with van der Waals surface area (Å²) in [6, 6.07) is 11.4. The number of aliphatic hydroxyl groups is 1. The Kier molecular flexibility index (Phi) is 6.92. The minimum absolute atomic E-state index is 0.0602. The highest BCUT2D eigenvalue weighted by molar-refractivity contribution is 5.81. The molecule has 29 heavy (non-hydrogen) atoms. The molecule has 1 aromatic heterocycles. The third-order valence-electron chi connectivity index (χ3n) is 4.89. The predicted molar refractivity (Wildman–Crippen MR) is 107 cm³/mol. The van der Waals surface area contributed by atoms with Crippen molar-refractivity contribution < 1.29 is 23.9 Å². The van der Waals surface area contributed by atoms with Crippen molar-refractivity contribution in [3.8, 4) is 5.75 Å². The van der Waals surface area contributed by atoms with Crippen molar-refractivity contribution in [1.82, 2.24) is 10.5 Å². The Morgan fingerprint density at radius 1 is 1.28 bits per heavy atom. The fourth-order valence-corrected chi connectivity index (χ4v) is 3.17. The van der Waals surface area contributed by atoms with Crippen LogP contribution in [0.3, 0.4) is 0 Å². The third-order valence-corrected chi connectivity index (χ3v) is 4.89. The lowest BCUT2D eigenvalue weighted by molar-refractivity contribution is -0.134. The summed E-state index contributed by atoms with van der Waals surface area (Å²) in [5.41, 5.74) is 0.313. The Hall–Kier alpha value is -2.38. The van der Waals surface area contributed by atoms with E-state index in [0.717, 1.165) is 17.9 Å². The van der Waals surface area contributed by atoms with E-state index >= 15 is 0 Å². The average Bonchev–Trinajstić information content (AvgIpc) is 3.14. The first-order valence-corrected chi connectivity index (χ1v) is 10.1. The molecular formula is C22H30N2O5. The number of hydrogen-bond acceptors (Lipinski definition) is 6. The first-order valence-electron chi connectivity index (χ1n) is 10.1. The fourth-order valence-electron chi connectivity index (χ4n) is 3.17. The molecule has 0 aliphatic carbocycles. The number of nitrogens with zero attached hydrogens (tertiary/aromatic N) is 1. The van der Waals surface area contributed by atoms with Gasteiger partial charge in [0, 0.05) is 24.4 Å². The van der Waals surface area contributed by atoms with Gasteiger partial charge in [-0.15, -0.1) is 0 Å². The van der Waals surface area contributed by atoms with Gasteiger partial charge in [-0.3, -0.25) is 4.79 Å². The SMILES string of the molecule is CC(C)(C)C(=O)NC[C@H]1O[C@H](Cc2cc(COc3ccccc3)on2)CC[C@@H]1O. The van der Waals surface area contributed by atoms with E-state index in [0.29, 0.717) is 31.8 Å². The molecule has 3 atom stereocenters. The Morgan fingerprint density at radius 3 is 2.76 bits per heavy atom. The maximum absolute atomic E-state index is 12.1.